The van der Waals surface area contributed by atoms with Gasteiger partial charge in [0.2, 0.25) is 15.9 Å². The van der Waals surface area contributed by atoms with Gasteiger partial charge in [-0.1, -0.05) is 0 Å². The van der Waals surface area contributed by atoms with E-state index in [1.165, 1.54) is 19.2 Å². The fourth-order valence-corrected chi connectivity index (χ4v) is 5.03. The summed E-state index contributed by atoms with van der Waals surface area (Å²) in [6.07, 6.45) is 4.14. The number of piperidine rings is 1. The van der Waals surface area contributed by atoms with Crippen molar-refractivity contribution < 1.29 is 22.7 Å². The van der Waals surface area contributed by atoms with E-state index >= 15 is 0 Å². The fraction of sp³-hybridized carbons (Fsp3) is 0.600. The molecule has 0 unspecified atom stereocenters. The van der Waals surface area contributed by atoms with Crippen molar-refractivity contribution in [1.82, 2.24) is 9.62 Å². The summed E-state index contributed by atoms with van der Waals surface area (Å²) in [7, 11) is -2.01. The van der Waals surface area contributed by atoms with Crippen LogP contribution in [0, 0.1) is 11.8 Å². The number of benzene rings is 1. The Morgan fingerprint density at radius 3 is 2.29 bits per heavy atom. The van der Waals surface area contributed by atoms with E-state index in [1.54, 1.807) is 12.1 Å². The van der Waals surface area contributed by atoms with E-state index in [0.29, 0.717) is 38.2 Å². The lowest BCUT2D eigenvalue weighted by Crippen LogP contribution is -2.43. The lowest BCUT2D eigenvalue weighted by Gasteiger charge is -2.33. The first-order valence-electron chi connectivity index (χ1n) is 9.83. The average molecular weight is 409 g/mol. The Labute approximate surface area is 166 Å². The third kappa shape index (κ3) is 5.11. The highest BCUT2D eigenvalue weighted by molar-refractivity contribution is 7.89. The third-order valence-electron chi connectivity index (χ3n) is 5.76. The van der Waals surface area contributed by atoms with E-state index in [-0.39, 0.29) is 28.4 Å². The molecular formula is C20H28N2O5S. The Balaban J connectivity index is 1.46. The molecule has 1 saturated heterocycles. The molecule has 1 saturated carbocycles. The van der Waals surface area contributed by atoms with Crippen LogP contribution in [0.4, 0.5) is 0 Å². The lowest BCUT2D eigenvalue weighted by atomic mass is 9.81. The Bertz CT molecular complexity index is 788. The first-order valence-corrected chi connectivity index (χ1v) is 11.3. The van der Waals surface area contributed by atoms with Crippen molar-refractivity contribution in [3.63, 3.8) is 0 Å². The number of methoxy groups -OCH3 is 1. The molecule has 0 radical (unpaired) electrons. The molecule has 1 aliphatic heterocycles. The molecule has 1 amide bonds. The molecule has 154 valence electrons. The molecule has 2 aliphatic rings. The summed E-state index contributed by atoms with van der Waals surface area (Å²) in [6.45, 7) is 1.46. The Morgan fingerprint density at radius 2 is 1.71 bits per heavy atom. The van der Waals surface area contributed by atoms with Gasteiger partial charge in [-0.05, 0) is 55.9 Å². The van der Waals surface area contributed by atoms with Gasteiger partial charge in [-0.2, -0.15) is 0 Å². The summed E-state index contributed by atoms with van der Waals surface area (Å²) in [6, 6.07) is 6.30. The minimum absolute atomic E-state index is 0.00245. The zero-order valence-corrected chi connectivity index (χ0v) is 17.0. The SMILES string of the molecule is COc1ccc(S(=O)(=O)NCC2CCC(C(=O)N3CCC(=O)CC3)CC2)cc1. The number of amides is 1. The maximum Gasteiger partial charge on any atom is 0.240 e. The van der Waals surface area contributed by atoms with Gasteiger partial charge in [-0.25, -0.2) is 13.1 Å². The number of ether oxygens (including phenoxy) is 1. The smallest absolute Gasteiger partial charge is 0.240 e. The largest absolute Gasteiger partial charge is 0.497 e. The van der Waals surface area contributed by atoms with Crippen LogP contribution in [-0.2, 0) is 19.6 Å². The zero-order chi connectivity index (χ0) is 20.1. The number of likely N-dealkylation sites (tertiary alicyclic amines) is 1. The molecule has 0 bridgehead atoms. The predicted octanol–water partition coefficient (Wildman–Crippen LogP) is 1.97. The summed E-state index contributed by atoms with van der Waals surface area (Å²) < 4.78 is 32.6. The molecule has 1 aliphatic carbocycles. The number of carbonyl (C=O) groups is 2. The molecule has 3 rings (SSSR count). The summed E-state index contributed by atoms with van der Waals surface area (Å²) in [4.78, 5) is 26.0. The molecular weight excluding hydrogens is 380 g/mol. The number of hydrogen-bond acceptors (Lipinski definition) is 5. The minimum atomic E-state index is -3.55. The van der Waals surface area contributed by atoms with Gasteiger partial charge in [0, 0.05) is 38.4 Å². The van der Waals surface area contributed by atoms with Crippen LogP contribution in [0.1, 0.15) is 38.5 Å². The van der Waals surface area contributed by atoms with Gasteiger partial charge < -0.3 is 9.64 Å². The maximum atomic E-state index is 12.6. The van der Waals surface area contributed by atoms with Crippen LogP contribution in [0.25, 0.3) is 0 Å². The second-order valence-corrected chi connectivity index (χ2v) is 9.38. The van der Waals surface area contributed by atoms with Crippen LogP contribution in [0.5, 0.6) is 5.75 Å². The molecule has 0 spiro atoms. The zero-order valence-electron chi connectivity index (χ0n) is 16.2. The summed E-state index contributed by atoms with van der Waals surface area (Å²) >= 11 is 0. The van der Waals surface area contributed by atoms with E-state index in [0.717, 1.165) is 25.7 Å². The number of sulfonamides is 1. The van der Waals surface area contributed by atoms with Gasteiger partial charge in [-0.3, -0.25) is 9.59 Å². The van der Waals surface area contributed by atoms with Crippen molar-refractivity contribution in [2.24, 2.45) is 11.8 Å². The fourth-order valence-electron chi connectivity index (χ4n) is 3.91. The second-order valence-electron chi connectivity index (χ2n) is 7.61. The standard InChI is InChI=1S/C20H28N2O5S/c1-27-18-6-8-19(9-7-18)28(25,26)21-14-15-2-4-16(5-3-15)20(24)22-12-10-17(23)11-13-22/h6-9,15-16,21H,2-5,10-14H2,1H3. The molecule has 2 fully saturated rings. The lowest BCUT2D eigenvalue weighted by molar-refractivity contribution is -0.139. The highest BCUT2D eigenvalue weighted by Crippen LogP contribution is 2.30. The summed E-state index contributed by atoms with van der Waals surface area (Å²) in [5.74, 6) is 1.24. The van der Waals surface area contributed by atoms with Crippen LogP contribution < -0.4 is 9.46 Å². The normalized spacial score (nSPS) is 23.5. The number of rotatable bonds is 6. The molecule has 1 heterocycles. The number of Topliss-reactive ketones (excluding diaryl/α,β-unsaturated/α-hetero) is 1. The van der Waals surface area contributed by atoms with Gasteiger partial charge in [-0.15, -0.1) is 0 Å². The van der Waals surface area contributed by atoms with Crippen LogP contribution in [-0.4, -0.2) is 51.8 Å². The van der Waals surface area contributed by atoms with Crippen molar-refractivity contribution >= 4 is 21.7 Å². The topological polar surface area (TPSA) is 92.8 Å². The minimum Gasteiger partial charge on any atom is -0.497 e. The van der Waals surface area contributed by atoms with E-state index in [4.69, 9.17) is 4.74 Å². The van der Waals surface area contributed by atoms with Crippen molar-refractivity contribution in [3.05, 3.63) is 24.3 Å². The number of nitrogens with one attached hydrogen (secondary N) is 1. The molecule has 7 nitrogen and oxygen atoms in total. The number of carbonyl (C=O) groups excluding carboxylic acids is 2. The molecule has 0 atom stereocenters. The number of hydrogen-bond donors (Lipinski definition) is 1. The van der Waals surface area contributed by atoms with Gasteiger partial charge in [0.25, 0.3) is 0 Å². The first kappa shape index (κ1) is 20.8. The molecule has 8 heteroatoms. The third-order valence-corrected chi connectivity index (χ3v) is 7.20. The van der Waals surface area contributed by atoms with Gasteiger partial charge >= 0.3 is 0 Å². The van der Waals surface area contributed by atoms with Crippen molar-refractivity contribution in [1.29, 1.82) is 0 Å². The van der Waals surface area contributed by atoms with E-state index in [1.807, 2.05) is 4.90 Å². The molecule has 1 N–H and O–H groups in total. The van der Waals surface area contributed by atoms with Crippen LogP contribution in [0.15, 0.2) is 29.2 Å². The predicted molar refractivity (Wildman–Crippen MR) is 104 cm³/mol. The Hall–Kier alpha value is -1.93. The molecule has 28 heavy (non-hydrogen) atoms. The van der Waals surface area contributed by atoms with E-state index < -0.39 is 10.0 Å². The Morgan fingerprint density at radius 1 is 1.11 bits per heavy atom. The molecule has 1 aromatic carbocycles. The van der Waals surface area contributed by atoms with Crippen LogP contribution >= 0.6 is 0 Å². The molecule has 1 aromatic rings. The summed E-state index contributed by atoms with van der Waals surface area (Å²) in [5.41, 5.74) is 0. The van der Waals surface area contributed by atoms with E-state index in [2.05, 4.69) is 4.72 Å². The monoisotopic (exact) mass is 408 g/mol. The average Bonchev–Trinajstić information content (AvgIpc) is 2.73. The van der Waals surface area contributed by atoms with Gasteiger partial charge in [0.05, 0.1) is 12.0 Å². The van der Waals surface area contributed by atoms with Crippen molar-refractivity contribution in [2.45, 2.75) is 43.4 Å². The number of nitrogens with zero attached hydrogens (tertiary/aromatic N) is 1. The Kier molecular flexibility index (Phi) is 6.72. The van der Waals surface area contributed by atoms with Crippen LogP contribution in [0.2, 0.25) is 0 Å². The van der Waals surface area contributed by atoms with Crippen molar-refractivity contribution in [2.75, 3.05) is 26.7 Å². The summed E-state index contributed by atoms with van der Waals surface area (Å²) in [5, 5.41) is 0. The maximum absolute atomic E-state index is 12.6. The molecule has 0 aromatic heterocycles. The van der Waals surface area contributed by atoms with Crippen molar-refractivity contribution in [3.8, 4) is 5.75 Å². The van der Waals surface area contributed by atoms with Gasteiger partial charge in [0.15, 0.2) is 0 Å². The second kappa shape index (κ2) is 9.05. The highest BCUT2D eigenvalue weighted by Gasteiger charge is 2.31. The number of ketones is 1. The van der Waals surface area contributed by atoms with Gasteiger partial charge in [0.1, 0.15) is 11.5 Å². The quantitative estimate of drug-likeness (QED) is 0.777. The highest BCUT2D eigenvalue weighted by atomic mass is 32.2. The van der Waals surface area contributed by atoms with E-state index in [9.17, 15) is 18.0 Å². The first-order chi connectivity index (χ1) is 13.4. The van der Waals surface area contributed by atoms with Crippen LogP contribution in [0.3, 0.4) is 0 Å².